The zero-order chi connectivity index (χ0) is 19.3. The van der Waals surface area contributed by atoms with Crippen molar-refractivity contribution < 1.29 is 18.3 Å². The molecule has 0 aliphatic carbocycles. The molecule has 0 unspecified atom stereocenters. The summed E-state index contributed by atoms with van der Waals surface area (Å²) in [5.74, 6) is 2.00. The van der Waals surface area contributed by atoms with Crippen LogP contribution in [0.4, 0.5) is 4.39 Å². The van der Waals surface area contributed by atoms with Crippen molar-refractivity contribution in [2.24, 2.45) is 0 Å². The number of aryl methyl sites for hydroxylation is 2. The number of rotatable bonds is 3. The Morgan fingerprint density at radius 3 is 2.96 bits per heavy atom. The summed E-state index contributed by atoms with van der Waals surface area (Å²) in [5.41, 5.74) is 2.67. The lowest BCUT2D eigenvalue weighted by atomic mass is 10.1. The van der Waals surface area contributed by atoms with Gasteiger partial charge in [0.2, 0.25) is 0 Å². The highest BCUT2D eigenvalue weighted by Gasteiger charge is 2.23. The molecule has 0 fully saturated rings. The molecule has 0 radical (unpaired) electrons. The molecule has 1 aliphatic rings. The van der Waals surface area contributed by atoms with E-state index in [-0.39, 0.29) is 5.52 Å². The van der Waals surface area contributed by atoms with E-state index in [2.05, 4.69) is 4.98 Å². The van der Waals surface area contributed by atoms with Gasteiger partial charge in [0.15, 0.2) is 17.3 Å². The number of hydrogen-bond donors (Lipinski definition) is 0. The molecule has 5 rings (SSSR count). The summed E-state index contributed by atoms with van der Waals surface area (Å²) >= 11 is 0. The molecule has 4 aromatic rings. The quantitative estimate of drug-likeness (QED) is 0.507. The van der Waals surface area contributed by atoms with E-state index < -0.39 is 5.82 Å². The summed E-state index contributed by atoms with van der Waals surface area (Å²) in [7, 11) is 0. The Morgan fingerprint density at radius 2 is 2.11 bits per heavy atom. The van der Waals surface area contributed by atoms with Crippen LogP contribution >= 0.6 is 0 Å². The van der Waals surface area contributed by atoms with Crippen molar-refractivity contribution in [3.8, 4) is 22.9 Å². The summed E-state index contributed by atoms with van der Waals surface area (Å²) in [6, 6.07) is 7.21. The first-order valence-corrected chi connectivity index (χ1v) is 9.51. The third-order valence-corrected chi connectivity index (χ3v) is 4.97. The van der Waals surface area contributed by atoms with Gasteiger partial charge in [-0.05, 0) is 31.9 Å². The topological polar surface area (TPSA) is 62.3 Å². The molecule has 0 spiro atoms. The van der Waals surface area contributed by atoms with Gasteiger partial charge in [0.25, 0.3) is 0 Å². The van der Waals surface area contributed by atoms with Crippen molar-refractivity contribution >= 4 is 22.1 Å². The lowest BCUT2D eigenvalue weighted by Crippen LogP contribution is -2.09. The van der Waals surface area contributed by atoms with Crippen molar-refractivity contribution in [1.29, 1.82) is 0 Å². The second-order valence-corrected chi connectivity index (χ2v) is 6.87. The number of hydrogen-bond acceptors (Lipinski definition) is 5. The number of ether oxygens (including phenoxy) is 2. The Balaban J connectivity index is 1.78. The first-order valence-electron chi connectivity index (χ1n) is 9.51. The molecule has 1 aliphatic heterocycles. The molecule has 0 saturated heterocycles. The number of nitrogens with zero attached hydrogens (tertiary/aromatic N) is 3. The average Bonchev–Trinajstić information content (AvgIpc) is 3.20. The summed E-state index contributed by atoms with van der Waals surface area (Å²) < 4.78 is 34.4. The fourth-order valence-corrected chi connectivity index (χ4v) is 3.79. The number of imidazole rings is 1. The van der Waals surface area contributed by atoms with Crippen molar-refractivity contribution in [1.82, 2.24) is 14.5 Å². The summed E-state index contributed by atoms with van der Waals surface area (Å²) in [4.78, 5) is 8.95. The summed E-state index contributed by atoms with van der Waals surface area (Å²) in [6.45, 7) is 5.58. The van der Waals surface area contributed by atoms with E-state index in [1.165, 1.54) is 0 Å². The van der Waals surface area contributed by atoms with Crippen molar-refractivity contribution in [2.45, 2.75) is 33.2 Å². The third-order valence-electron chi connectivity index (χ3n) is 4.97. The lowest BCUT2D eigenvalue weighted by molar-refractivity contribution is 0.294. The number of halogens is 1. The van der Waals surface area contributed by atoms with E-state index in [0.29, 0.717) is 41.8 Å². The lowest BCUT2D eigenvalue weighted by Gasteiger charge is -2.17. The number of benzene rings is 2. The van der Waals surface area contributed by atoms with E-state index in [1.54, 1.807) is 19.1 Å². The highest BCUT2D eigenvalue weighted by Crippen LogP contribution is 2.38. The second kappa shape index (κ2) is 6.51. The standard InChI is InChI=1S/C21H20FN3O3/c1-3-26-13-10-15-20-17(11-13)27-9-5-4-8-25(20)21(24-15)14-6-7-16-19(18(14)22)23-12(2)28-16/h6-7,10-11H,3-5,8-9H2,1-2H3. The molecular weight excluding hydrogens is 361 g/mol. The molecule has 0 amide bonds. The Bertz CT molecular complexity index is 1200. The van der Waals surface area contributed by atoms with Crippen LogP contribution in [-0.2, 0) is 6.54 Å². The Morgan fingerprint density at radius 1 is 1.21 bits per heavy atom. The van der Waals surface area contributed by atoms with Gasteiger partial charge in [0.1, 0.15) is 28.4 Å². The highest BCUT2D eigenvalue weighted by molar-refractivity contribution is 5.89. The Labute approximate surface area is 160 Å². The molecule has 144 valence electrons. The normalized spacial score (nSPS) is 14.1. The fourth-order valence-electron chi connectivity index (χ4n) is 3.79. The Hall–Kier alpha value is -3.09. The molecule has 0 bridgehead atoms. The minimum Gasteiger partial charge on any atom is -0.494 e. The van der Waals surface area contributed by atoms with Gasteiger partial charge < -0.3 is 18.5 Å². The third kappa shape index (κ3) is 2.61. The van der Waals surface area contributed by atoms with Crippen molar-refractivity contribution in [3.63, 3.8) is 0 Å². The number of fused-ring (bicyclic) bond motifs is 1. The van der Waals surface area contributed by atoms with Crippen LogP contribution < -0.4 is 9.47 Å². The predicted molar refractivity (Wildman–Crippen MR) is 103 cm³/mol. The molecule has 7 heteroatoms. The van der Waals surface area contributed by atoms with Crippen LogP contribution in [0.15, 0.2) is 28.7 Å². The van der Waals surface area contributed by atoms with E-state index in [4.69, 9.17) is 18.9 Å². The zero-order valence-corrected chi connectivity index (χ0v) is 15.8. The van der Waals surface area contributed by atoms with Crippen LogP contribution in [0, 0.1) is 12.7 Å². The van der Waals surface area contributed by atoms with Gasteiger partial charge in [0.05, 0.1) is 24.3 Å². The molecular formula is C21H20FN3O3. The van der Waals surface area contributed by atoms with Gasteiger partial charge in [-0.3, -0.25) is 0 Å². The highest BCUT2D eigenvalue weighted by atomic mass is 19.1. The van der Waals surface area contributed by atoms with E-state index >= 15 is 4.39 Å². The largest absolute Gasteiger partial charge is 0.494 e. The van der Waals surface area contributed by atoms with Crippen LogP contribution in [0.2, 0.25) is 0 Å². The predicted octanol–water partition coefficient (Wildman–Crippen LogP) is 4.86. The molecule has 6 nitrogen and oxygen atoms in total. The molecule has 3 heterocycles. The maximum atomic E-state index is 15.3. The van der Waals surface area contributed by atoms with Crippen LogP contribution in [-0.4, -0.2) is 27.7 Å². The monoisotopic (exact) mass is 381 g/mol. The molecule has 2 aromatic carbocycles. The molecule has 0 saturated carbocycles. The van der Waals surface area contributed by atoms with Gasteiger partial charge in [-0.15, -0.1) is 0 Å². The number of oxazole rings is 1. The van der Waals surface area contributed by atoms with Crippen molar-refractivity contribution in [2.75, 3.05) is 13.2 Å². The van der Waals surface area contributed by atoms with Gasteiger partial charge in [-0.1, -0.05) is 0 Å². The van der Waals surface area contributed by atoms with E-state index in [1.807, 2.05) is 23.6 Å². The van der Waals surface area contributed by atoms with Gasteiger partial charge >= 0.3 is 0 Å². The summed E-state index contributed by atoms with van der Waals surface area (Å²) in [5, 5.41) is 0. The van der Waals surface area contributed by atoms with Gasteiger partial charge in [-0.2, -0.15) is 0 Å². The Kier molecular flexibility index (Phi) is 3.96. The number of aromatic nitrogens is 3. The fraction of sp³-hybridized carbons (Fsp3) is 0.333. The second-order valence-electron chi connectivity index (χ2n) is 6.87. The van der Waals surface area contributed by atoms with Crippen LogP contribution in [0.3, 0.4) is 0 Å². The first kappa shape index (κ1) is 17.0. The maximum Gasteiger partial charge on any atom is 0.192 e. The van der Waals surface area contributed by atoms with Crippen LogP contribution in [0.1, 0.15) is 25.7 Å². The molecule has 0 atom stereocenters. The SMILES string of the molecule is CCOc1cc2c3c(c1)nc(-c1ccc4oc(C)nc4c1F)n3CCCCO2. The zero-order valence-electron chi connectivity index (χ0n) is 15.8. The van der Waals surface area contributed by atoms with E-state index in [9.17, 15) is 0 Å². The van der Waals surface area contributed by atoms with Gasteiger partial charge in [-0.25, -0.2) is 14.4 Å². The van der Waals surface area contributed by atoms with Crippen molar-refractivity contribution in [3.05, 3.63) is 36.0 Å². The van der Waals surface area contributed by atoms with Gasteiger partial charge in [0, 0.05) is 25.6 Å². The molecule has 0 N–H and O–H groups in total. The van der Waals surface area contributed by atoms with Crippen LogP contribution in [0.5, 0.6) is 11.5 Å². The molecule has 2 aromatic heterocycles. The smallest absolute Gasteiger partial charge is 0.192 e. The first-order chi connectivity index (χ1) is 13.7. The summed E-state index contributed by atoms with van der Waals surface area (Å²) in [6.07, 6.45) is 1.85. The minimum atomic E-state index is -0.421. The minimum absolute atomic E-state index is 0.229. The average molecular weight is 381 g/mol. The maximum absolute atomic E-state index is 15.3. The molecule has 28 heavy (non-hydrogen) atoms. The van der Waals surface area contributed by atoms with Crippen LogP contribution in [0.25, 0.3) is 33.5 Å². The van der Waals surface area contributed by atoms with E-state index in [0.717, 1.165) is 36.2 Å².